The van der Waals surface area contributed by atoms with Crippen molar-refractivity contribution in [2.24, 2.45) is 9.98 Å². The van der Waals surface area contributed by atoms with E-state index < -0.39 is 0 Å². The van der Waals surface area contributed by atoms with Crippen LogP contribution in [0.15, 0.2) is 64.1 Å². The Kier molecular flexibility index (Phi) is 7.90. The van der Waals surface area contributed by atoms with Gasteiger partial charge in [-0.3, -0.25) is 4.99 Å². The molecule has 3 heteroatoms. The number of hydrogen-bond donors (Lipinski definition) is 0. The van der Waals surface area contributed by atoms with Crippen molar-refractivity contribution < 1.29 is 4.74 Å². The van der Waals surface area contributed by atoms with Crippen LogP contribution in [0.3, 0.4) is 0 Å². The molecule has 1 aromatic rings. The maximum atomic E-state index is 5.38. The Morgan fingerprint density at radius 2 is 2.00 bits per heavy atom. The zero-order valence-electron chi connectivity index (χ0n) is 15.7. The van der Waals surface area contributed by atoms with E-state index in [2.05, 4.69) is 22.6 Å². The van der Waals surface area contributed by atoms with E-state index in [1.807, 2.05) is 65.0 Å². The Labute approximate surface area is 146 Å². The first-order valence-electron chi connectivity index (χ1n) is 8.33. The summed E-state index contributed by atoms with van der Waals surface area (Å²) in [7, 11) is 1.68. The van der Waals surface area contributed by atoms with Crippen LogP contribution in [0.5, 0.6) is 5.75 Å². The second-order valence-electron chi connectivity index (χ2n) is 5.19. The van der Waals surface area contributed by atoms with Gasteiger partial charge in [-0.25, -0.2) is 4.99 Å². The standard InChI is InChI=1S/C19H22N2O.C2H6/c1-6-7-9-13(2)14(3)19-20-12-17(21-19)16-10-8-11-18(22-5)15(16)4;1-2/h6-11H,3,12H2,1-2,4-5H3;1-2H3/b7-6-,13-9-;. The summed E-state index contributed by atoms with van der Waals surface area (Å²) >= 11 is 0. The molecule has 2 rings (SSSR count). The third-order valence-corrected chi connectivity index (χ3v) is 3.72. The van der Waals surface area contributed by atoms with Gasteiger partial charge in [-0.15, -0.1) is 0 Å². The van der Waals surface area contributed by atoms with Crippen molar-refractivity contribution in [3.63, 3.8) is 0 Å². The quantitative estimate of drug-likeness (QED) is 0.676. The molecule has 24 heavy (non-hydrogen) atoms. The summed E-state index contributed by atoms with van der Waals surface area (Å²) in [6, 6.07) is 5.99. The molecule has 0 unspecified atom stereocenters. The van der Waals surface area contributed by atoms with Crippen LogP contribution in [-0.2, 0) is 0 Å². The van der Waals surface area contributed by atoms with Crippen LogP contribution < -0.4 is 4.74 Å². The van der Waals surface area contributed by atoms with Gasteiger partial charge in [0.15, 0.2) is 5.84 Å². The number of nitrogens with zero attached hydrogens (tertiary/aromatic N) is 2. The highest BCUT2D eigenvalue weighted by molar-refractivity contribution is 6.18. The maximum absolute atomic E-state index is 5.38. The SMILES string of the molecule is C=C(C1=NCC(c2cccc(OC)c2C)=N1)/C(C)=C\C=C/C.CC. The van der Waals surface area contributed by atoms with Crippen molar-refractivity contribution >= 4 is 11.5 Å². The van der Waals surface area contributed by atoms with Crippen LogP contribution in [0.2, 0.25) is 0 Å². The molecule has 128 valence electrons. The van der Waals surface area contributed by atoms with E-state index in [4.69, 9.17) is 4.74 Å². The molecule has 0 atom stereocenters. The van der Waals surface area contributed by atoms with Gasteiger partial charge in [-0.05, 0) is 32.4 Å². The molecule has 0 fully saturated rings. The Hall–Kier alpha value is -2.42. The number of allylic oxidation sites excluding steroid dienone is 3. The molecule has 3 nitrogen and oxygen atoms in total. The number of ether oxygens (including phenoxy) is 1. The third-order valence-electron chi connectivity index (χ3n) is 3.72. The summed E-state index contributed by atoms with van der Waals surface area (Å²) in [5.41, 5.74) is 5.08. The van der Waals surface area contributed by atoms with Crippen LogP contribution >= 0.6 is 0 Å². The summed E-state index contributed by atoms with van der Waals surface area (Å²) in [5, 5.41) is 0. The fourth-order valence-corrected chi connectivity index (χ4v) is 2.32. The van der Waals surface area contributed by atoms with Crippen molar-refractivity contribution in [1.29, 1.82) is 0 Å². The molecule has 1 aliphatic rings. The predicted molar refractivity (Wildman–Crippen MR) is 106 cm³/mol. The lowest BCUT2D eigenvalue weighted by atomic mass is 10.0. The predicted octanol–water partition coefficient (Wildman–Crippen LogP) is 5.31. The number of methoxy groups -OCH3 is 1. The minimum absolute atomic E-state index is 0.583. The zero-order valence-corrected chi connectivity index (χ0v) is 15.7. The topological polar surface area (TPSA) is 34.0 Å². The molecule has 1 aromatic carbocycles. The zero-order chi connectivity index (χ0) is 18.1. The fraction of sp³-hybridized carbons (Fsp3) is 0.333. The first-order chi connectivity index (χ1) is 11.6. The van der Waals surface area contributed by atoms with Gasteiger partial charge in [0.1, 0.15) is 5.75 Å². The van der Waals surface area contributed by atoms with Gasteiger partial charge in [0.05, 0.1) is 19.4 Å². The Bertz CT molecular complexity index is 707. The summed E-state index contributed by atoms with van der Waals surface area (Å²) in [6.07, 6.45) is 6.00. The van der Waals surface area contributed by atoms with Crippen molar-refractivity contribution in [1.82, 2.24) is 0 Å². The second-order valence-corrected chi connectivity index (χ2v) is 5.19. The van der Waals surface area contributed by atoms with Crippen molar-refractivity contribution in [2.75, 3.05) is 13.7 Å². The fourth-order valence-electron chi connectivity index (χ4n) is 2.32. The molecular formula is C21H28N2O. The lowest BCUT2D eigenvalue weighted by Crippen LogP contribution is -2.05. The Balaban J connectivity index is 0.00000139. The van der Waals surface area contributed by atoms with E-state index in [0.29, 0.717) is 6.54 Å². The number of benzene rings is 1. The first-order valence-corrected chi connectivity index (χ1v) is 8.33. The second kappa shape index (κ2) is 9.66. The lowest BCUT2D eigenvalue weighted by molar-refractivity contribution is 0.411. The van der Waals surface area contributed by atoms with Crippen molar-refractivity contribution in [3.8, 4) is 5.75 Å². The smallest absolute Gasteiger partial charge is 0.154 e. The van der Waals surface area contributed by atoms with Gasteiger partial charge < -0.3 is 4.74 Å². The monoisotopic (exact) mass is 324 g/mol. The van der Waals surface area contributed by atoms with E-state index in [1.54, 1.807) is 7.11 Å². The van der Waals surface area contributed by atoms with Gasteiger partial charge in [0.2, 0.25) is 0 Å². The van der Waals surface area contributed by atoms with E-state index in [1.165, 1.54) is 0 Å². The molecule has 1 heterocycles. The van der Waals surface area contributed by atoms with Crippen LogP contribution in [0.1, 0.15) is 38.8 Å². The number of rotatable bonds is 5. The molecule has 1 aliphatic heterocycles. The molecule has 0 bridgehead atoms. The molecule has 0 amide bonds. The van der Waals surface area contributed by atoms with Gasteiger partial charge in [0.25, 0.3) is 0 Å². The van der Waals surface area contributed by atoms with Gasteiger partial charge in [-0.2, -0.15) is 0 Å². The van der Waals surface area contributed by atoms with Crippen LogP contribution in [0, 0.1) is 6.92 Å². The third kappa shape index (κ3) is 4.54. The number of amidine groups is 1. The molecule has 0 spiro atoms. The number of aliphatic imine (C=N–C) groups is 2. The molecule has 0 saturated carbocycles. The highest BCUT2D eigenvalue weighted by Gasteiger charge is 2.17. The Morgan fingerprint density at radius 3 is 2.62 bits per heavy atom. The summed E-state index contributed by atoms with van der Waals surface area (Å²) in [4.78, 5) is 9.20. The average Bonchev–Trinajstić information content (AvgIpc) is 3.10. The average molecular weight is 324 g/mol. The normalized spacial score (nSPS) is 14.0. The van der Waals surface area contributed by atoms with E-state index in [0.717, 1.165) is 39.6 Å². The van der Waals surface area contributed by atoms with Gasteiger partial charge in [-0.1, -0.05) is 50.8 Å². The Morgan fingerprint density at radius 1 is 1.29 bits per heavy atom. The summed E-state index contributed by atoms with van der Waals surface area (Å²) in [5.74, 6) is 1.59. The molecule has 0 aliphatic carbocycles. The lowest BCUT2D eigenvalue weighted by Gasteiger charge is -2.09. The van der Waals surface area contributed by atoms with Gasteiger partial charge in [0, 0.05) is 16.7 Å². The van der Waals surface area contributed by atoms with E-state index >= 15 is 0 Å². The summed E-state index contributed by atoms with van der Waals surface area (Å²) < 4.78 is 5.38. The molecule has 0 radical (unpaired) electrons. The van der Waals surface area contributed by atoms with Crippen LogP contribution in [-0.4, -0.2) is 25.2 Å². The van der Waals surface area contributed by atoms with Crippen molar-refractivity contribution in [3.05, 3.63) is 65.3 Å². The number of hydrogen-bond acceptors (Lipinski definition) is 3. The molecular weight excluding hydrogens is 296 g/mol. The van der Waals surface area contributed by atoms with Crippen LogP contribution in [0.4, 0.5) is 0 Å². The molecule has 0 aromatic heterocycles. The van der Waals surface area contributed by atoms with Crippen LogP contribution in [0.25, 0.3) is 0 Å². The molecule has 0 saturated heterocycles. The van der Waals surface area contributed by atoms with E-state index in [9.17, 15) is 0 Å². The first kappa shape index (κ1) is 19.6. The van der Waals surface area contributed by atoms with Crippen molar-refractivity contribution in [2.45, 2.75) is 34.6 Å². The van der Waals surface area contributed by atoms with E-state index in [-0.39, 0.29) is 0 Å². The largest absolute Gasteiger partial charge is 0.496 e. The highest BCUT2D eigenvalue weighted by Crippen LogP contribution is 2.24. The molecule has 0 N–H and O–H groups in total. The minimum atomic E-state index is 0.583. The maximum Gasteiger partial charge on any atom is 0.154 e. The van der Waals surface area contributed by atoms with Gasteiger partial charge >= 0.3 is 0 Å². The summed E-state index contributed by atoms with van der Waals surface area (Å²) in [6.45, 7) is 14.7. The highest BCUT2D eigenvalue weighted by atomic mass is 16.5. The minimum Gasteiger partial charge on any atom is -0.496 e.